The van der Waals surface area contributed by atoms with Gasteiger partial charge < -0.3 is 20.9 Å². The lowest BCUT2D eigenvalue weighted by atomic mass is 10.0. The first-order chi connectivity index (χ1) is 17.9. The molecule has 37 heavy (non-hydrogen) atoms. The average molecular weight is 507 g/mol. The fourth-order valence-electron chi connectivity index (χ4n) is 3.96. The van der Waals surface area contributed by atoms with Gasteiger partial charge in [-0.05, 0) is 24.6 Å². The molecule has 1 atom stereocenters. The first kappa shape index (κ1) is 25.1. The molecule has 188 valence electrons. The largest absolute Gasteiger partial charge is 0.417 e. The molecular weight excluding hydrogens is 487 g/mol. The van der Waals surface area contributed by atoms with Gasteiger partial charge in [0.25, 0.3) is 0 Å². The number of hydrogen-bond donors (Lipinski definition) is 2. The maximum Gasteiger partial charge on any atom is 0.388 e. The van der Waals surface area contributed by atoms with Crippen LogP contribution in [0.3, 0.4) is 0 Å². The minimum Gasteiger partial charge on any atom is -0.417 e. The molecule has 0 fully saturated rings. The number of fused-ring (bicyclic) bond motifs is 1. The first-order valence-electron chi connectivity index (χ1n) is 10.9. The third-order valence-corrected chi connectivity index (χ3v) is 5.53. The maximum absolute atomic E-state index is 14.1. The second kappa shape index (κ2) is 10.7. The second-order valence-electron chi connectivity index (χ2n) is 7.61. The predicted molar refractivity (Wildman–Crippen MR) is 132 cm³/mol. The van der Waals surface area contributed by atoms with Gasteiger partial charge in [-0.25, -0.2) is 19.3 Å². The summed E-state index contributed by atoms with van der Waals surface area (Å²) in [5, 5.41) is 14.4. The summed E-state index contributed by atoms with van der Waals surface area (Å²) in [6.07, 6.45) is 4.24. The zero-order valence-electron chi connectivity index (χ0n) is 19.4. The summed E-state index contributed by atoms with van der Waals surface area (Å²) < 4.78 is 45.1. The Kier molecular flexibility index (Phi) is 7.28. The van der Waals surface area contributed by atoms with Gasteiger partial charge in [0.2, 0.25) is 5.88 Å². The summed E-state index contributed by atoms with van der Waals surface area (Å²) >= 11 is 0. The van der Waals surface area contributed by atoms with E-state index in [4.69, 9.17) is 11.6 Å². The SMILES string of the molecule is CCC(C(C=Nc1ccccc1F)=NN)n1c(C#N)c(-c2ccc(OC(F)F)nc2)c2c(N)ncnc21. The van der Waals surface area contributed by atoms with E-state index in [2.05, 4.69) is 35.9 Å². The molecule has 1 unspecified atom stereocenters. The van der Waals surface area contributed by atoms with Gasteiger partial charge in [-0.2, -0.15) is 19.1 Å². The number of halogens is 3. The van der Waals surface area contributed by atoms with Gasteiger partial charge in [-0.15, -0.1) is 0 Å². The molecule has 0 saturated heterocycles. The molecule has 0 aliphatic carbocycles. The highest BCUT2D eigenvalue weighted by Crippen LogP contribution is 2.39. The molecule has 0 radical (unpaired) electrons. The molecule has 3 aromatic heterocycles. The molecule has 4 rings (SSSR count). The molecule has 0 aliphatic rings. The Morgan fingerprint density at radius 2 is 2.00 bits per heavy atom. The summed E-state index contributed by atoms with van der Waals surface area (Å²) in [6, 6.07) is 10.2. The number of alkyl halides is 2. The van der Waals surface area contributed by atoms with E-state index in [1.54, 1.807) is 16.7 Å². The fourth-order valence-corrected chi connectivity index (χ4v) is 3.96. The van der Waals surface area contributed by atoms with E-state index < -0.39 is 18.5 Å². The summed E-state index contributed by atoms with van der Waals surface area (Å²) in [5.74, 6) is 4.96. The van der Waals surface area contributed by atoms with Crippen molar-refractivity contribution in [2.45, 2.75) is 26.0 Å². The molecular formula is C24H20F3N9O. The molecule has 10 nitrogen and oxygen atoms in total. The number of nitriles is 1. The number of aliphatic imine (C=N–C) groups is 1. The smallest absolute Gasteiger partial charge is 0.388 e. The van der Waals surface area contributed by atoms with Gasteiger partial charge in [-0.3, -0.25) is 4.99 Å². The standard InChI is InChI=1S/C24H20F3N9O/c1-2-17(16(35-30)11-31-15-6-4-3-5-14(15)25)36-18(9-28)20(21-22(29)33-12-34-23(21)36)13-7-8-19(32-10-13)37-24(26)27/h3-8,10-12,17,24H,2,30H2,1H3,(H2,29,33,34). The van der Waals surface area contributed by atoms with Crippen molar-refractivity contribution in [2.24, 2.45) is 15.9 Å². The van der Waals surface area contributed by atoms with Crippen LogP contribution in [0.4, 0.5) is 24.7 Å². The number of nitrogens with zero attached hydrogens (tertiary/aromatic N) is 7. The average Bonchev–Trinajstić information content (AvgIpc) is 3.22. The zero-order valence-corrected chi connectivity index (χ0v) is 19.4. The van der Waals surface area contributed by atoms with Crippen LogP contribution >= 0.6 is 0 Å². The lowest BCUT2D eigenvalue weighted by Crippen LogP contribution is -2.23. The van der Waals surface area contributed by atoms with E-state index in [1.165, 1.54) is 43.0 Å². The van der Waals surface area contributed by atoms with Crippen LogP contribution in [0.2, 0.25) is 0 Å². The number of anilines is 1. The number of rotatable bonds is 8. The van der Waals surface area contributed by atoms with Crippen LogP contribution in [0.5, 0.6) is 5.88 Å². The molecule has 4 aromatic rings. The normalized spacial score (nSPS) is 12.8. The van der Waals surface area contributed by atoms with Crippen LogP contribution in [0, 0.1) is 17.1 Å². The van der Waals surface area contributed by atoms with E-state index in [1.807, 2.05) is 6.92 Å². The molecule has 0 spiro atoms. The van der Waals surface area contributed by atoms with Crippen LogP contribution in [0.1, 0.15) is 25.1 Å². The Bertz CT molecular complexity index is 1530. The highest BCUT2D eigenvalue weighted by molar-refractivity contribution is 6.33. The number of pyridine rings is 1. The van der Waals surface area contributed by atoms with Gasteiger partial charge in [0.1, 0.15) is 41.1 Å². The highest BCUT2D eigenvalue weighted by Gasteiger charge is 2.28. The van der Waals surface area contributed by atoms with Crippen molar-refractivity contribution in [1.82, 2.24) is 19.5 Å². The van der Waals surface area contributed by atoms with E-state index in [-0.39, 0.29) is 28.8 Å². The van der Waals surface area contributed by atoms with Crippen molar-refractivity contribution in [3.8, 4) is 23.1 Å². The number of hydrazone groups is 1. The molecule has 0 aliphatic heterocycles. The highest BCUT2D eigenvalue weighted by atomic mass is 19.3. The van der Waals surface area contributed by atoms with Gasteiger partial charge in [0.05, 0.1) is 23.3 Å². The lowest BCUT2D eigenvalue weighted by Gasteiger charge is -2.18. The summed E-state index contributed by atoms with van der Waals surface area (Å²) in [6.45, 7) is -1.20. The van der Waals surface area contributed by atoms with Crippen molar-refractivity contribution < 1.29 is 17.9 Å². The third kappa shape index (κ3) is 4.90. The molecule has 0 amide bonds. The molecule has 13 heteroatoms. The minimum absolute atomic E-state index is 0.0841. The molecule has 0 bridgehead atoms. The van der Waals surface area contributed by atoms with Crippen LogP contribution in [-0.4, -0.2) is 38.1 Å². The number of benzene rings is 1. The van der Waals surface area contributed by atoms with Gasteiger partial charge in [0.15, 0.2) is 0 Å². The van der Waals surface area contributed by atoms with Crippen molar-refractivity contribution >= 4 is 34.5 Å². The van der Waals surface area contributed by atoms with Gasteiger partial charge in [0, 0.05) is 23.4 Å². The molecule has 3 heterocycles. The summed E-state index contributed by atoms with van der Waals surface area (Å²) in [5.41, 5.74) is 7.67. The van der Waals surface area contributed by atoms with Crippen LogP contribution in [-0.2, 0) is 0 Å². The van der Waals surface area contributed by atoms with E-state index in [9.17, 15) is 18.4 Å². The quantitative estimate of drug-likeness (QED) is 0.204. The van der Waals surface area contributed by atoms with Crippen molar-refractivity contribution in [1.29, 1.82) is 5.26 Å². The van der Waals surface area contributed by atoms with E-state index in [0.717, 1.165) is 0 Å². The van der Waals surface area contributed by atoms with Crippen molar-refractivity contribution in [3.63, 3.8) is 0 Å². The summed E-state index contributed by atoms with van der Waals surface area (Å²) in [4.78, 5) is 16.5. The number of nitrogens with two attached hydrogens (primary N) is 2. The second-order valence-corrected chi connectivity index (χ2v) is 7.61. The Hall–Kier alpha value is -4.99. The fraction of sp³-hybridized carbons (Fsp3) is 0.167. The Balaban J connectivity index is 1.89. The Morgan fingerprint density at radius 1 is 1.22 bits per heavy atom. The van der Waals surface area contributed by atoms with E-state index >= 15 is 0 Å². The van der Waals surface area contributed by atoms with Gasteiger partial charge >= 0.3 is 6.61 Å². The third-order valence-electron chi connectivity index (χ3n) is 5.53. The Morgan fingerprint density at radius 3 is 2.62 bits per heavy atom. The molecule has 1 aromatic carbocycles. The van der Waals surface area contributed by atoms with E-state index in [0.29, 0.717) is 28.6 Å². The van der Waals surface area contributed by atoms with Crippen LogP contribution in [0.15, 0.2) is 59.0 Å². The summed E-state index contributed by atoms with van der Waals surface area (Å²) in [7, 11) is 0. The molecule has 4 N–H and O–H groups in total. The number of aromatic nitrogens is 4. The number of ether oxygens (including phenoxy) is 1. The van der Waals surface area contributed by atoms with Crippen LogP contribution in [0.25, 0.3) is 22.2 Å². The first-order valence-corrected chi connectivity index (χ1v) is 10.9. The monoisotopic (exact) mass is 507 g/mol. The predicted octanol–water partition coefficient (Wildman–Crippen LogP) is 4.36. The van der Waals surface area contributed by atoms with Crippen molar-refractivity contribution in [2.75, 3.05) is 5.73 Å². The zero-order chi connectivity index (χ0) is 26.5. The molecule has 0 saturated carbocycles. The van der Waals surface area contributed by atoms with Crippen LogP contribution < -0.4 is 16.3 Å². The van der Waals surface area contributed by atoms with Crippen molar-refractivity contribution in [3.05, 3.63) is 60.4 Å². The van der Waals surface area contributed by atoms with Gasteiger partial charge in [-0.1, -0.05) is 19.1 Å². The lowest BCUT2D eigenvalue weighted by molar-refractivity contribution is -0.0528. The topological polar surface area (TPSA) is 153 Å². The minimum atomic E-state index is -3.04. The number of para-hydroxylation sites is 1. The Labute approximate surface area is 208 Å². The number of nitrogen functional groups attached to an aromatic ring is 1. The maximum atomic E-state index is 14.1. The number of hydrogen-bond acceptors (Lipinski definition) is 9.